The lowest BCUT2D eigenvalue weighted by Crippen LogP contribution is -2.13. The minimum absolute atomic E-state index is 0.0208. The maximum absolute atomic E-state index is 13.0. The van der Waals surface area contributed by atoms with E-state index in [4.69, 9.17) is 10.5 Å². The maximum atomic E-state index is 13.0. The average Bonchev–Trinajstić information content (AvgIpc) is 2.18. The second-order valence-corrected chi connectivity index (χ2v) is 3.52. The minimum Gasteiger partial charge on any atom is -0.396 e. The molecule has 0 saturated carbocycles. The summed E-state index contributed by atoms with van der Waals surface area (Å²) >= 11 is 0. The molecular weight excluding hydrogens is 197 g/mol. The Hall–Kier alpha value is -1.42. The van der Waals surface area contributed by atoms with Gasteiger partial charge in [0.2, 0.25) is 0 Å². The van der Waals surface area contributed by atoms with Crippen LogP contribution in [0, 0.1) is 5.82 Å². The van der Waals surface area contributed by atoms with Crippen LogP contribution in [0.1, 0.15) is 24.2 Å². The van der Waals surface area contributed by atoms with Crippen LogP contribution in [0.2, 0.25) is 0 Å². The summed E-state index contributed by atoms with van der Waals surface area (Å²) in [5, 5.41) is 0. The van der Waals surface area contributed by atoms with Crippen LogP contribution in [-0.2, 0) is 4.74 Å². The Bertz CT molecular complexity index is 364. The van der Waals surface area contributed by atoms with Crippen molar-refractivity contribution in [3.8, 4) is 0 Å². The molecule has 0 bridgehead atoms. The van der Waals surface area contributed by atoms with E-state index in [1.165, 1.54) is 12.1 Å². The molecule has 4 heteroatoms. The van der Waals surface area contributed by atoms with Gasteiger partial charge in [-0.3, -0.25) is 4.79 Å². The molecule has 0 amide bonds. The summed E-state index contributed by atoms with van der Waals surface area (Å²) in [6, 6.07) is 3.99. The van der Waals surface area contributed by atoms with Crippen LogP contribution >= 0.6 is 0 Å². The molecule has 0 unspecified atom stereocenters. The number of carbonyl (C=O) groups excluding carboxylic acids is 1. The van der Waals surface area contributed by atoms with Crippen LogP contribution in [0.4, 0.5) is 10.1 Å². The highest BCUT2D eigenvalue weighted by atomic mass is 19.1. The maximum Gasteiger partial charge on any atom is 0.188 e. The predicted molar refractivity (Wildman–Crippen MR) is 56.2 cm³/mol. The lowest BCUT2D eigenvalue weighted by molar-refractivity contribution is 0.0584. The fourth-order valence-corrected chi connectivity index (χ4v) is 1.03. The molecule has 1 aromatic rings. The number of halogens is 1. The molecule has 82 valence electrons. The van der Waals surface area contributed by atoms with Crippen molar-refractivity contribution in [2.75, 3.05) is 12.3 Å². The van der Waals surface area contributed by atoms with Crippen LogP contribution < -0.4 is 5.73 Å². The third kappa shape index (κ3) is 3.32. The van der Waals surface area contributed by atoms with E-state index in [2.05, 4.69) is 0 Å². The number of hydrogen-bond donors (Lipinski definition) is 1. The van der Waals surface area contributed by atoms with Crippen molar-refractivity contribution in [2.24, 2.45) is 0 Å². The smallest absolute Gasteiger partial charge is 0.188 e. The van der Waals surface area contributed by atoms with Gasteiger partial charge in [-0.2, -0.15) is 0 Å². The fourth-order valence-electron chi connectivity index (χ4n) is 1.03. The Balaban J connectivity index is 2.70. The molecule has 0 heterocycles. The first-order valence-corrected chi connectivity index (χ1v) is 4.70. The van der Waals surface area contributed by atoms with E-state index in [1.54, 1.807) is 0 Å². The molecule has 15 heavy (non-hydrogen) atoms. The summed E-state index contributed by atoms with van der Waals surface area (Å²) < 4.78 is 18.1. The van der Waals surface area contributed by atoms with E-state index < -0.39 is 5.82 Å². The van der Waals surface area contributed by atoms with Crippen LogP contribution in [0.3, 0.4) is 0 Å². The molecule has 0 spiro atoms. The van der Waals surface area contributed by atoms with Gasteiger partial charge in [-0.05, 0) is 32.0 Å². The van der Waals surface area contributed by atoms with Crippen molar-refractivity contribution >= 4 is 11.5 Å². The predicted octanol–water partition coefficient (Wildman–Crippen LogP) is 2.02. The number of ketones is 1. The molecule has 0 saturated heterocycles. The molecule has 0 radical (unpaired) electrons. The van der Waals surface area contributed by atoms with E-state index >= 15 is 0 Å². The van der Waals surface area contributed by atoms with Crippen molar-refractivity contribution in [3.05, 3.63) is 29.6 Å². The highest BCUT2D eigenvalue weighted by Gasteiger charge is 2.09. The molecule has 2 N–H and O–H groups in total. The number of ether oxygens (including phenoxy) is 1. The molecule has 1 aromatic carbocycles. The minimum atomic E-state index is -0.578. The molecule has 0 aliphatic rings. The van der Waals surface area contributed by atoms with E-state index in [9.17, 15) is 9.18 Å². The summed E-state index contributed by atoms with van der Waals surface area (Å²) in [7, 11) is 0. The summed E-state index contributed by atoms with van der Waals surface area (Å²) in [6.45, 7) is 3.62. The molecule has 1 rings (SSSR count). The molecular formula is C11H14FNO2. The lowest BCUT2D eigenvalue weighted by Gasteiger charge is -2.06. The Morgan fingerprint density at radius 1 is 1.53 bits per heavy atom. The lowest BCUT2D eigenvalue weighted by atomic mass is 10.1. The first-order chi connectivity index (χ1) is 7.00. The summed E-state index contributed by atoms with van der Waals surface area (Å²) in [4.78, 5) is 11.5. The van der Waals surface area contributed by atoms with Crippen molar-refractivity contribution in [2.45, 2.75) is 20.0 Å². The molecule has 3 nitrogen and oxygen atoms in total. The number of hydrogen-bond acceptors (Lipinski definition) is 3. The highest BCUT2D eigenvalue weighted by molar-refractivity contribution is 5.97. The van der Waals surface area contributed by atoms with E-state index in [0.717, 1.165) is 6.07 Å². The summed E-state index contributed by atoms with van der Waals surface area (Å²) in [5.74, 6) is -0.826. The number of carbonyl (C=O) groups is 1. The average molecular weight is 211 g/mol. The van der Waals surface area contributed by atoms with Crippen molar-refractivity contribution in [3.63, 3.8) is 0 Å². The van der Waals surface area contributed by atoms with Gasteiger partial charge in [0, 0.05) is 5.56 Å². The number of anilines is 1. The van der Waals surface area contributed by atoms with Gasteiger partial charge < -0.3 is 10.5 Å². The first-order valence-electron chi connectivity index (χ1n) is 4.70. The van der Waals surface area contributed by atoms with Crippen molar-refractivity contribution < 1.29 is 13.9 Å². The standard InChI is InChI=1S/C11H14FNO2/c1-7(2)15-6-11(14)8-3-4-10(13)9(12)5-8/h3-5,7H,6,13H2,1-2H3. The number of benzene rings is 1. The fraction of sp³-hybridized carbons (Fsp3) is 0.364. The van der Waals surface area contributed by atoms with Crippen molar-refractivity contribution in [1.29, 1.82) is 0 Å². The summed E-state index contributed by atoms with van der Waals surface area (Å²) in [6.07, 6.45) is -0.0208. The second-order valence-electron chi connectivity index (χ2n) is 3.52. The quantitative estimate of drug-likeness (QED) is 0.612. The Labute approximate surface area is 88.0 Å². The molecule has 0 atom stereocenters. The Kier molecular flexibility index (Phi) is 3.80. The van der Waals surface area contributed by atoms with Gasteiger partial charge in [0.05, 0.1) is 11.8 Å². The van der Waals surface area contributed by atoms with Gasteiger partial charge in [0.25, 0.3) is 0 Å². The number of nitrogen functional groups attached to an aromatic ring is 1. The van der Waals surface area contributed by atoms with Crippen LogP contribution in [-0.4, -0.2) is 18.5 Å². The van der Waals surface area contributed by atoms with Gasteiger partial charge in [0.1, 0.15) is 12.4 Å². The zero-order valence-corrected chi connectivity index (χ0v) is 8.79. The molecule has 0 fully saturated rings. The third-order valence-electron chi connectivity index (χ3n) is 1.87. The first kappa shape index (κ1) is 11.7. The van der Waals surface area contributed by atoms with Gasteiger partial charge in [-0.25, -0.2) is 4.39 Å². The van der Waals surface area contributed by atoms with Gasteiger partial charge >= 0.3 is 0 Å². The summed E-state index contributed by atoms with van der Waals surface area (Å²) in [5.41, 5.74) is 5.61. The van der Waals surface area contributed by atoms with Gasteiger partial charge in [-0.1, -0.05) is 0 Å². The largest absolute Gasteiger partial charge is 0.396 e. The topological polar surface area (TPSA) is 52.3 Å². The molecule has 0 aliphatic carbocycles. The normalized spacial score (nSPS) is 10.7. The Morgan fingerprint density at radius 3 is 2.73 bits per heavy atom. The van der Waals surface area contributed by atoms with Crippen LogP contribution in [0.25, 0.3) is 0 Å². The molecule has 0 aliphatic heterocycles. The van der Waals surface area contributed by atoms with E-state index in [0.29, 0.717) is 0 Å². The van der Waals surface area contributed by atoms with Gasteiger partial charge in [-0.15, -0.1) is 0 Å². The zero-order chi connectivity index (χ0) is 11.4. The third-order valence-corrected chi connectivity index (χ3v) is 1.87. The van der Waals surface area contributed by atoms with Crippen LogP contribution in [0.5, 0.6) is 0 Å². The number of Topliss-reactive ketones (excluding diaryl/α,β-unsaturated/α-hetero) is 1. The van der Waals surface area contributed by atoms with E-state index in [1.807, 2.05) is 13.8 Å². The number of nitrogens with two attached hydrogens (primary N) is 1. The molecule has 0 aromatic heterocycles. The van der Waals surface area contributed by atoms with E-state index in [-0.39, 0.29) is 29.7 Å². The van der Waals surface area contributed by atoms with Gasteiger partial charge in [0.15, 0.2) is 5.78 Å². The number of rotatable bonds is 4. The SMILES string of the molecule is CC(C)OCC(=O)c1ccc(N)c(F)c1. The highest BCUT2D eigenvalue weighted by Crippen LogP contribution is 2.12. The van der Waals surface area contributed by atoms with Crippen molar-refractivity contribution in [1.82, 2.24) is 0 Å². The van der Waals surface area contributed by atoms with Crippen LogP contribution in [0.15, 0.2) is 18.2 Å². The monoisotopic (exact) mass is 211 g/mol. The second kappa shape index (κ2) is 4.89. The zero-order valence-electron chi connectivity index (χ0n) is 8.79. The Morgan fingerprint density at radius 2 is 2.20 bits per heavy atom.